The number of carbonyl (C=O) groups excluding carboxylic acids is 2. The molecule has 0 saturated heterocycles. The van der Waals surface area contributed by atoms with Crippen LogP contribution in [0.15, 0.2) is 18.2 Å². The summed E-state index contributed by atoms with van der Waals surface area (Å²) in [6.45, 7) is 7.49. The van der Waals surface area contributed by atoms with Crippen LogP contribution < -0.4 is 15.0 Å². The Labute approximate surface area is 136 Å². The normalized spacial score (nSPS) is 11.0. The molecular weight excluding hydrogens is 304 g/mol. The summed E-state index contributed by atoms with van der Waals surface area (Å²) in [6, 6.07) is 5.10. The van der Waals surface area contributed by atoms with Crippen LogP contribution in [0.5, 0.6) is 5.75 Å². The summed E-state index contributed by atoms with van der Waals surface area (Å²) in [5.41, 5.74) is 0.350. The number of nitrogens with zero attached hydrogens (tertiary/aromatic N) is 1. The summed E-state index contributed by atoms with van der Waals surface area (Å²) in [6.07, 6.45) is 0.223. The topological polar surface area (TPSA) is 58.6 Å². The first-order valence-electron chi connectivity index (χ1n) is 7.06. The molecule has 1 aromatic carbocycles. The lowest BCUT2D eigenvalue weighted by Crippen LogP contribution is -2.42. The number of ether oxygens (including phenoxy) is 1. The molecule has 0 bridgehead atoms. The fourth-order valence-electron chi connectivity index (χ4n) is 1.99. The molecule has 0 aromatic heterocycles. The number of amides is 2. The summed E-state index contributed by atoms with van der Waals surface area (Å²) in [5.74, 6) is 0.294. The van der Waals surface area contributed by atoms with Crippen LogP contribution in [0.2, 0.25) is 5.02 Å². The second kappa shape index (κ2) is 7.49. The van der Waals surface area contributed by atoms with E-state index in [1.54, 1.807) is 18.2 Å². The number of nitrogens with one attached hydrogen (secondary N) is 1. The van der Waals surface area contributed by atoms with E-state index in [1.807, 2.05) is 20.8 Å². The lowest BCUT2D eigenvalue weighted by Gasteiger charge is -2.24. The van der Waals surface area contributed by atoms with Gasteiger partial charge in [-0.3, -0.25) is 9.59 Å². The molecule has 0 unspecified atom stereocenters. The largest absolute Gasteiger partial charge is 0.495 e. The molecule has 6 heteroatoms. The zero-order chi connectivity index (χ0) is 16.9. The maximum absolute atomic E-state index is 11.9. The number of methoxy groups -OCH3 is 1. The van der Waals surface area contributed by atoms with Crippen molar-refractivity contribution in [3.05, 3.63) is 23.2 Å². The predicted octanol–water partition coefficient (Wildman–Crippen LogP) is 3.01. The van der Waals surface area contributed by atoms with Gasteiger partial charge in [0.05, 0.1) is 12.1 Å². The van der Waals surface area contributed by atoms with E-state index >= 15 is 0 Å². The van der Waals surface area contributed by atoms with Crippen molar-refractivity contribution in [2.24, 2.45) is 0 Å². The van der Waals surface area contributed by atoms with Crippen molar-refractivity contribution >= 4 is 29.1 Å². The maximum atomic E-state index is 11.9. The Bertz CT molecular complexity index is 553. The van der Waals surface area contributed by atoms with E-state index in [2.05, 4.69) is 5.32 Å². The van der Waals surface area contributed by atoms with E-state index in [9.17, 15) is 9.59 Å². The van der Waals surface area contributed by atoms with Crippen LogP contribution in [0.1, 0.15) is 34.1 Å². The first kappa shape index (κ1) is 18.3. The predicted molar refractivity (Wildman–Crippen MR) is 88.5 cm³/mol. The first-order valence-corrected chi connectivity index (χ1v) is 7.44. The molecule has 122 valence electrons. The fraction of sp³-hybridized carbons (Fsp3) is 0.500. The monoisotopic (exact) mass is 326 g/mol. The first-order chi connectivity index (χ1) is 10.1. The van der Waals surface area contributed by atoms with Gasteiger partial charge in [-0.15, -0.1) is 0 Å². The standard InChI is InChI=1S/C16H23ClN2O3/c1-11(20)19(9-8-15(21)18-16(2,3)4)12-6-7-14(22-5)13(17)10-12/h6-7,10H,8-9H2,1-5H3,(H,18,21). The van der Waals surface area contributed by atoms with Gasteiger partial charge >= 0.3 is 0 Å². The van der Waals surface area contributed by atoms with Crippen LogP contribution >= 0.6 is 11.6 Å². The van der Waals surface area contributed by atoms with Crippen LogP contribution in [0.3, 0.4) is 0 Å². The Morgan fingerprint density at radius 1 is 1.32 bits per heavy atom. The number of anilines is 1. The lowest BCUT2D eigenvalue weighted by atomic mass is 10.1. The molecule has 0 aliphatic rings. The zero-order valence-corrected chi connectivity index (χ0v) is 14.5. The quantitative estimate of drug-likeness (QED) is 0.905. The van der Waals surface area contributed by atoms with Gasteiger partial charge in [0.15, 0.2) is 0 Å². The molecular formula is C16H23ClN2O3. The Morgan fingerprint density at radius 2 is 1.95 bits per heavy atom. The molecule has 5 nitrogen and oxygen atoms in total. The van der Waals surface area contributed by atoms with Crippen LogP contribution in [-0.4, -0.2) is 31.0 Å². The third kappa shape index (κ3) is 5.56. The molecule has 1 aromatic rings. The van der Waals surface area contributed by atoms with Gasteiger partial charge in [-0.2, -0.15) is 0 Å². The Kier molecular flexibility index (Phi) is 6.23. The van der Waals surface area contributed by atoms with Gasteiger partial charge < -0.3 is 15.0 Å². The number of halogens is 1. The molecule has 1 N–H and O–H groups in total. The van der Waals surface area contributed by atoms with Gasteiger partial charge in [0.1, 0.15) is 5.75 Å². The van der Waals surface area contributed by atoms with Crippen molar-refractivity contribution in [3.8, 4) is 5.75 Å². The molecule has 2 amide bonds. The van der Waals surface area contributed by atoms with Crippen LogP contribution in [-0.2, 0) is 9.59 Å². The Morgan fingerprint density at radius 3 is 2.41 bits per heavy atom. The van der Waals surface area contributed by atoms with Crippen molar-refractivity contribution < 1.29 is 14.3 Å². The van der Waals surface area contributed by atoms with Crippen molar-refractivity contribution in [1.82, 2.24) is 5.32 Å². The number of hydrogen-bond acceptors (Lipinski definition) is 3. The second-order valence-corrected chi connectivity index (χ2v) is 6.44. The Balaban J connectivity index is 2.80. The highest BCUT2D eigenvalue weighted by molar-refractivity contribution is 6.32. The molecule has 0 spiro atoms. The number of rotatable bonds is 5. The van der Waals surface area contributed by atoms with E-state index in [1.165, 1.54) is 18.9 Å². The minimum Gasteiger partial charge on any atom is -0.495 e. The van der Waals surface area contributed by atoms with Crippen LogP contribution in [0, 0.1) is 0 Å². The SMILES string of the molecule is COc1ccc(N(CCC(=O)NC(C)(C)C)C(C)=O)cc1Cl. The molecule has 1 rings (SSSR count). The van der Waals surface area contributed by atoms with Gasteiger partial charge in [0, 0.05) is 31.1 Å². The van der Waals surface area contributed by atoms with Gasteiger partial charge in [0.2, 0.25) is 11.8 Å². The van der Waals surface area contributed by atoms with E-state index < -0.39 is 0 Å². The number of hydrogen-bond donors (Lipinski definition) is 1. The highest BCUT2D eigenvalue weighted by Crippen LogP contribution is 2.29. The van der Waals surface area contributed by atoms with Gasteiger partial charge in [-0.05, 0) is 39.0 Å². The van der Waals surface area contributed by atoms with E-state index in [0.717, 1.165) is 0 Å². The third-order valence-electron chi connectivity index (χ3n) is 2.90. The third-order valence-corrected chi connectivity index (χ3v) is 3.20. The average molecular weight is 327 g/mol. The zero-order valence-electron chi connectivity index (χ0n) is 13.7. The highest BCUT2D eigenvalue weighted by atomic mass is 35.5. The van der Waals surface area contributed by atoms with Crippen molar-refractivity contribution in [1.29, 1.82) is 0 Å². The number of benzene rings is 1. The smallest absolute Gasteiger partial charge is 0.223 e. The van der Waals surface area contributed by atoms with Gasteiger partial charge in [0.25, 0.3) is 0 Å². The minimum absolute atomic E-state index is 0.0987. The summed E-state index contributed by atoms with van der Waals surface area (Å²) < 4.78 is 5.09. The summed E-state index contributed by atoms with van der Waals surface area (Å²) in [5, 5.41) is 3.29. The minimum atomic E-state index is -0.290. The number of carbonyl (C=O) groups is 2. The lowest BCUT2D eigenvalue weighted by molar-refractivity contribution is -0.122. The molecule has 0 aliphatic carbocycles. The molecule has 0 radical (unpaired) electrons. The Hall–Kier alpha value is -1.75. The van der Waals surface area contributed by atoms with Crippen molar-refractivity contribution in [3.63, 3.8) is 0 Å². The second-order valence-electron chi connectivity index (χ2n) is 6.04. The average Bonchev–Trinajstić information content (AvgIpc) is 2.36. The molecule has 0 saturated carbocycles. The van der Waals surface area contributed by atoms with E-state index in [4.69, 9.17) is 16.3 Å². The van der Waals surface area contributed by atoms with Crippen LogP contribution in [0.4, 0.5) is 5.69 Å². The van der Waals surface area contributed by atoms with Crippen molar-refractivity contribution in [2.45, 2.75) is 39.7 Å². The van der Waals surface area contributed by atoms with Gasteiger partial charge in [-0.1, -0.05) is 11.6 Å². The van der Waals surface area contributed by atoms with E-state index in [0.29, 0.717) is 23.0 Å². The maximum Gasteiger partial charge on any atom is 0.223 e. The molecule has 22 heavy (non-hydrogen) atoms. The summed E-state index contributed by atoms with van der Waals surface area (Å²) in [4.78, 5) is 25.2. The van der Waals surface area contributed by atoms with Crippen molar-refractivity contribution in [2.75, 3.05) is 18.6 Å². The summed E-state index contributed by atoms with van der Waals surface area (Å²) in [7, 11) is 1.53. The van der Waals surface area contributed by atoms with E-state index in [-0.39, 0.29) is 23.8 Å². The summed E-state index contributed by atoms with van der Waals surface area (Å²) >= 11 is 6.09. The molecule has 0 aliphatic heterocycles. The molecule has 0 atom stereocenters. The fourth-order valence-corrected chi connectivity index (χ4v) is 2.24. The highest BCUT2D eigenvalue weighted by Gasteiger charge is 2.17. The molecule has 0 fully saturated rings. The molecule has 0 heterocycles. The van der Waals surface area contributed by atoms with Gasteiger partial charge in [-0.25, -0.2) is 0 Å². The van der Waals surface area contributed by atoms with Crippen LogP contribution in [0.25, 0.3) is 0 Å².